The summed E-state index contributed by atoms with van der Waals surface area (Å²) in [7, 11) is 0. The molecule has 1 aliphatic heterocycles. The van der Waals surface area contributed by atoms with Crippen LogP contribution in [0.25, 0.3) is 16.9 Å². The van der Waals surface area contributed by atoms with Crippen molar-refractivity contribution in [3.63, 3.8) is 0 Å². The van der Waals surface area contributed by atoms with Crippen molar-refractivity contribution in [2.24, 2.45) is 0 Å². The van der Waals surface area contributed by atoms with Gasteiger partial charge in [0, 0.05) is 38.8 Å². The van der Waals surface area contributed by atoms with Gasteiger partial charge in [-0.1, -0.05) is 171 Å². The third kappa shape index (κ3) is 18.2. The predicted molar refractivity (Wildman–Crippen MR) is 267 cm³/mol. The van der Waals surface area contributed by atoms with Gasteiger partial charge in [-0.15, -0.1) is 0 Å². The van der Waals surface area contributed by atoms with Crippen molar-refractivity contribution in [1.82, 2.24) is 0 Å². The van der Waals surface area contributed by atoms with Crippen LogP contribution in [0.5, 0.6) is 0 Å². The zero-order valence-electron chi connectivity index (χ0n) is 41.6. The molecule has 3 heteroatoms. The van der Waals surface area contributed by atoms with Crippen LogP contribution in [-0.2, 0) is 55.0 Å². The van der Waals surface area contributed by atoms with Crippen LogP contribution in [0.4, 0.5) is 0 Å². The molecule has 2 aromatic carbocycles. The van der Waals surface area contributed by atoms with Gasteiger partial charge in [-0.25, -0.2) is 4.70 Å². The van der Waals surface area contributed by atoms with Crippen molar-refractivity contribution in [2.75, 3.05) is 0 Å². The molecule has 0 aromatic heterocycles. The molecule has 0 radical (unpaired) electrons. The smallest absolute Gasteiger partial charge is 0.211 e. The zero-order chi connectivity index (χ0) is 43.4. The van der Waals surface area contributed by atoms with Gasteiger partial charge in [0.1, 0.15) is 0 Å². The van der Waals surface area contributed by atoms with Crippen molar-refractivity contribution in [3.05, 3.63) is 85.5 Å². The first-order valence-electron chi connectivity index (χ1n) is 26.7. The van der Waals surface area contributed by atoms with Crippen molar-refractivity contribution >= 4 is 11.4 Å². The Morgan fingerprint density at radius 3 is 0.885 bits per heavy atom. The van der Waals surface area contributed by atoms with Crippen LogP contribution in [-0.4, -0.2) is 4.70 Å². The van der Waals surface area contributed by atoms with Crippen LogP contribution in [0.2, 0.25) is 0 Å². The van der Waals surface area contributed by atoms with Gasteiger partial charge in [-0.2, -0.15) is 0 Å². The Morgan fingerprint density at radius 1 is 0.311 bits per heavy atom. The second-order valence-electron chi connectivity index (χ2n) is 18.9. The molecule has 0 N–H and O–H groups in total. The van der Waals surface area contributed by atoms with Gasteiger partial charge < -0.3 is 5.53 Å². The van der Waals surface area contributed by atoms with Crippen LogP contribution in [0.15, 0.2) is 35.4 Å². The number of rotatable bonds is 36. The molecule has 0 saturated carbocycles. The van der Waals surface area contributed by atoms with Crippen LogP contribution < -0.4 is 0 Å². The van der Waals surface area contributed by atoms with Gasteiger partial charge in [0.05, 0.1) is 0 Å². The van der Waals surface area contributed by atoms with E-state index in [-0.39, 0.29) is 16.5 Å². The van der Waals surface area contributed by atoms with E-state index in [4.69, 9.17) is 0 Å². The maximum absolute atomic E-state index is 13.1. The molecule has 0 aliphatic carbocycles. The molecule has 0 bridgehead atoms. The van der Waals surface area contributed by atoms with E-state index in [2.05, 4.69) is 79.7 Å². The first-order chi connectivity index (χ1) is 29.4. The van der Waals surface area contributed by atoms with E-state index < -0.39 is 0 Å². The SMILES string of the molecule is CCCCCCCCC1=C(c2cc(CCCCC)c(CCCCC)c(CCCCC)c2)[N+](=[N-])C(c2cc(CCCCC)c(CCCCC)c(CCCCC)c2)=C1CCCC.[Ni]. The second-order valence-corrected chi connectivity index (χ2v) is 18.9. The minimum atomic E-state index is 0. The number of allylic oxidation sites excluding steroid dienone is 2. The Hall–Kier alpha value is -1.99. The summed E-state index contributed by atoms with van der Waals surface area (Å²) >= 11 is 0. The van der Waals surface area contributed by atoms with Gasteiger partial charge in [-0.05, 0) is 160 Å². The third-order valence-corrected chi connectivity index (χ3v) is 13.6. The molecule has 3 rings (SSSR count). The van der Waals surface area contributed by atoms with Crippen LogP contribution >= 0.6 is 0 Å². The molecule has 0 atom stereocenters. The van der Waals surface area contributed by atoms with E-state index in [9.17, 15) is 5.53 Å². The molecule has 1 aliphatic rings. The molecule has 348 valence electrons. The van der Waals surface area contributed by atoms with E-state index in [0.717, 1.165) is 56.3 Å². The second kappa shape index (κ2) is 33.5. The van der Waals surface area contributed by atoms with Crippen LogP contribution in [0, 0.1) is 0 Å². The summed E-state index contributed by atoms with van der Waals surface area (Å²) in [6, 6.07) is 10.3. The molecule has 0 unspecified atom stereocenters. The Kier molecular flexibility index (Phi) is 30.3. The van der Waals surface area contributed by atoms with E-state index >= 15 is 0 Å². The number of benzene rings is 2. The summed E-state index contributed by atoms with van der Waals surface area (Å²) in [4.78, 5) is 0. The fraction of sp³-hybridized carbons (Fsp3) is 0.724. The van der Waals surface area contributed by atoms with E-state index in [1.54, 1.807) is 38.1 Å². The van der Waals surface area contributed by atoms with Gasteiger partial charge in [0.2, 0.25) is 11.4 Å². The minimum absolute atomic E-state index is 0. The molecule has 0 saturated heterocycles. The molecule has 2 nitrogen and oxygen atoms in total. The molecular weight excluding hydrogens is 783 g/mol. The summed E-state index contributed by atoms with van der Waals surface area (Å²) in [6.45, 7) is 18.7. The summed E-state index contributed by atoms with van der Waals surface area (Å²) in [5, 5.41) is 0. The third-order valence-electron chi connectivity index (χ3n) is 13.6. The predicted octanol–water partition coefficient (Wildman–Crippen LogP) is 19.2. The number of unbranched alkanes of at least 4 members (excludes halogenated alkanes) is 18. The van der Waals surface area contributed by atoms with Gasteiger partial charge in [-0.3, -0.25) is 0 Å². The molecule has 1 heterocycles. The zero-order valence-corrected chi connectivity index (χ0v) is 42.5. The molecular formula is C58H96N2Ni. The molecule has 0 spiro atoms. The monoisotopic (exact) mass is 879 g/mol. The van der Waals surface area contributed by atoms with E-state index in [0.29, 0.717) is 0 Å². The fourth-order valence-electron chi connectivity index (χ4n) is 9.99. The molecule has 2 aromatic rings. The summed E-state index contributed by atoms with van der Waals surface area (Å²) in [5.41, 5.74) is 30.3. The largest absolute Gasteiger partial charge is 0.493 e. The Balaban J connectivity index is 0.0000128. The maximum atomic E-state index is 13.1. The number of aryl methyl sites for hydroxylation is 4. The average molecular weight is 880 g/mol. The van der Waals surface area contributed by atoms with Crippen molar-refractivity contribution < 1.29 is 21.2 Å². The fourth-order valence-corrected chi connectivity index (χ4v) is 9.99. The normalized spacial score (nSPS) is 13.0. The van der Waals surface area contributed by atoms with Gasteiger partial charge in [0.25, 0.3) is 0 Å². The van der Waals surface area contributed by atoms with Crippen LogP contribution in [0.3, 0.4) is 0 Å². The standard InChI is InChI=1S/C58H96N2.Ni/c1-9-17-25-26-27-34-42-56-55(39-24-16-8)57(51-43-47(35-28-18-10-2)53(40-32-22-14-6)48(44-51)36-29-19-11-3)60(59)58(56)52-45-49(37-30-20-12-4)54(41-33-23-15-7)50(46-52)38-31-21-13-5;/h43-46H,9-42H2,1-8H3;. The first-order valence-corrected chi connectivity index (χ1v) is 26.7. The summed E-state index contributed by atoms with van der Waals surface area (Å²) in [5.74, 6) is 0. The first kappa shape index (κ1) is 55.1. The number of nitrogens with zero attached hydrogens (tertiary/aromatic N) is 2. The quantitative estimate of drug-likeness (QED) is 0.0370. The van der Waals surface area contributed by atoms with Crippen molar-refractivity contribution in [3.8, 4) is 0 Å². The Labute approximate surface area is 389 Å². The van der Waals surface area contributed by atoms with Crippen LogP contribution in [0.1, 0.15) is 280 Å². The van der Waals surface area contributed by atoms with Crippen molar-refractivity contribution in [2.45, 2.75) is 274 Å². The van der Waals surface area contributed by atoms with E-state index in [1.807, 2.05) is 0 Å². The minimum Gasteiger partial charge on any atom is -0.493 e. The molecule has 0 amide bonds. The Bertz CT molecular complexity index is 1510. The number of hydrogen-bond acceptors (Lipinski definition) is 0. The summed E-state index contributed by atoms with van der Waals surface area (Å²) in [6.07, 6.45) is 42.0. The topological polar surface area (TPSA) is 25.3 Å². The van der Waals surface area contributed by atoms with Gasteiger partial charge in [0.15, 0.2) is 0 Å². The van der Waals surface area contributed by atoms with E-state index in [1.165, 1.54) is 196 Å². The molecule has 61 heavy (non-hydrogen) atoms. The summed E-state index contributed by atoms with van der Waals surface area (Å²) < 4.78 is 1.76. The maximum Gasteiger partial charge on any atom is 0.211 e. The number of hydrogen-bond donors (Lipinski definition) is 0. The Morgan fingerprint density at radius 2 is 0.557 bits per heavy atom. The van der Waals surface area contributed by atoms with Gasteiger partial charge >= 0.3 is 0 Å². The average Bonchev–Trinajstić information content (AvgIpc) is 3.52. The van der Waals surface area contributed by atoms with Crippen molar-refractivity contribution in [1.29, 1.82) is 0 Å². The molecule has 0 fully saturated rings.